The summed E-state index contributed by atoms with van der Waals surface area (Å²) in [4.78, 5) is 55.9. The molecule has 0 aliphatic carbocycles. The van der Waals surface area contributed by atoms with E-state index in [1.807, 2.05) is 0 Å². The molecule has 37 heavy (non-hydrogen) atoms. The fourth-order valence-corrected chi connectivity index (χ4v) is 4.45. The number of anilines is 2. The molecule has 0 radical (unpaired) electrons. The molecule has 2 aromatic rings. The van der Waals surface area contributed by atoms with Crippen molar-refractivity contribution in [3.05, 3.63) is 59.7 Å². The molecule has 2 aliphatic rings. The highest BCUT2D eigenvalue weighted by atomic mass is 16.7. The molecule has 196 valence electrons. The summed E-state index contributed by atoms with van der Waals surface area (Å²) in [6.45, 7) is 1.28. The first-order valence-corrected chi connectivity index (χ1v) is 12.9. The third-order valence-electron chi connectivity index (χ3n) is 6.47. The summed E-state index contributed by atoms with van der Waals surface area (Å²) in [5, 5.41) is 2.85. The summed E-state index contributed by atoms with van der Waals surface area (Å²) < 4.78 is 5.31. The summed E-state index contributed by atoms with van der Waals surface area (Å²) >= 11 is 0. The number of ether oxygens (including phenoxy) is 1. The van der Waals surface area contributed by atoms with Gasteiger partial charge in [-0.3, -0.25) is 24.0 Å². The Morgan fingerprint density at radius 2 is 1.49 bits per heavy atom. The fourth-order valence-electron chi connectivity index (χ4n) is 4.45. The molecule has 1 fully saturated rings. The third-order valence-corrected chi connectivity index (χ3v) is 6.47. The van der Waals surface area contributed by atoms with Crippen LogP contribution >= 0.6 is 0 Å². The summed E-state index contributed by atoms with van der Waals surface area (Å²) in [6.07, 6.45) is 6.93. The van der Waals surface area contributed by atoms with Gasteiger partial charge in [0, 0.05) is 25.1 Å². The Hall–Kier alpha value is -3.56. The molecule has 1 unspecified atom stereocenters. The summed E-state index contributed by atoms with van der Waals surface area (Å²) in [5.74, 6) is -0.891. The van der Waals surface area contributed by atoms with Gasteiger partial charge in [0.1, 0.15) is 6.10 Å². The molecule has 1 atom stereocenters. The zero-order valence-electron chi connectivity index (χ0n) is 20.9. The van der Waals surface area contributed by atoms with Crippen LogP contribution in [0.3, 0.4) is 0 Å². The van der Waals surface area contributed by atoms with E-state index in [2.05, 4.69) is 10.8 Å². The summed E-state index contributed by atoms with van der Waals surface area (Å²) in [7, 11) is 0. The maximum Gasteiger partial charge on any atom is 0.266 e. The first-order valence-electron chi connectivity index (χ1n) is 12.9. The monoisotopic (exact) mass is 507 g/mol. The number of hydrogen-bond acceptors (Lipinski definition) is 6. The zero-order chi connectivity index (χ0) is 26.0. The van der Waals surface area contributed by atoms with Gasteiger partial charge in [-0.2, -0.15) is 0 Å². The maximum atomic E-state index is 12.6. The van der Waals surface area contributed by atoms with E-state index in [0.29, 0.717) is 42.0 Å². The lowest BCUT2D eigenvalue weighted by molar-refractivity contribution is -0.146. The molecule has 0 bridgehead atoms. The molecular weight excluding hydrogens is 474 g/mol. The number of benzene rings is 2. The third kappa shape index (κ3) is 7.24. The topological polar surface area (TPSA) is 114 Å². The molecule has 0 saturated carbocycles. The Balaban J connectivity index is 1.08. The van der Waals surface area contributed by atoms with E-state index in [4.69, 9.17) is 9.57 Å². The van der Waals surface area contributed by atoms with E-state index in [-0.39, 0.29) is 29.7 Å². The first-order chi connectivity index (χ1) is 18.0. The molecule has 4 rings (SSSR count). The maximum absolute atomic E-state index is 12.6. The van der Waals surface area contributed by atoms with E-state index in [1.54, 1.807) is 48.5 Å². The van der Waals surface area contributed by atoms with Crippen LogP contribution in [0.1, 0.15) is 78.5 Å². The predicted molar refractivity (Wildman–Crippen MR) is 138 cm³/mol. The predicted octanol–water partition coefficient (Wildman–Crippen LogP) is 4.38. The summed E-state index contributed by atoms with van der Waals surface area (Å²) in [6, 6.07) is 13.4. The average molecular weight is 508 g/mol. The number of hydrogen-bond donors (Lipinski definition) is 2. The minimum absolute atomic E-state index is 0.0573. The smallest absolute Gasteiger partial charge is 0.266 e. The number of carbonyl (C=O) groups is 4. The second-order valence-electron chi connectivity index (χ2n) is 9.34. The molecular formula is C28H33N3O6. The average Bonchev–Trinajstić information content (AvgIpc) is 3.17. The van der Waals surface area contributed by atoms with Gasteiger partial charge in [-0.1, -0.05) is 31.4 Å². The van der Waals surface area contributed by atoms with Crippen molar-refractivity contribution in [3.8, 4) is 0 Å². The highest BCUT2D eigenvalue weighted by Crippen LogP contribution is 2.29. The van der Waals surface area contributed by atoms with Crippen LogP contribution in [0, 0.1) is 0 Å². The summed E-state index contributed by atoms with van der Waals surface area (Å²) in [5.41, 5.74) is 4.38. The van der Waals surface area contributed by atoms with E-state index in [1.165, 1.54) is 0 Å². The van der Waals surface area contributed by atoms with Crippen molar-refractivity contribution in [3.63, 3.8) is 0 Å². The van der Waals surface area contributed by atoms with Crippen molar-refractivity contribution in [1.29, 1.82) is 0 Å². The second-order valence-corrected chi connectivity index (χ2v) is 9.34. The number of hydroxylamine groups is 1. The van der Waals surface area contributed by atoms with Gasteiger partial charge < -0.3 is 10.1 Å². The highest BCUT2D eigenvalue weighted by Gasteiger charge is 2.36. The van der Waals surface area contributed by atoms with Crippen molar-refractivity contribution >= 4 is 35.0 Å². The van der Waals surface area contributed by atoms with Gasteiger partial charge in [-0.25, -0.2) is 10.4 Å². The quantitative estimate of drug-likeness (QED) is 0.250. The molecule has 4 amide bonds. The molecule has 1 saturated heterocycles. The minimum atomic E-state index is -0.346. The lowest BCUT2D eigenvalue weighted by Gasteiger charge is -2.21. The molecule has 2 aromatic carbocycles. The largest absolute Gasteiger partial charge is 0.379 e. The van der Waals surface area contributed by atoms with Gasteiger partial charge in [0.25, 0.3) is 11.8 Å². The molecule has 0 spiro atoms. The van der Waals surface area contributed by atoms with Crippen LogP contribution in [0.5, 0.6) is 0 Å². The van der Waals surface area contributed by atoms with E-state index >= 15 is 0 Å². The normalized spacial score (nSPS) is 17.0. The molecule has 9 heteroatoms. The SMILES string of the molecule is O=C(CCCCCCCC(=O)Nc1ccc(N2C(=O)c3ccccc3C2=O)cc1)NOC1CCCOC1. The lowest BCUT2D eigenvalue weighted by atomic mass is 10.1. The lowest BCUT2D eigenvalue weighted by Crippen LogP contribution is -2.34. The minimum Gasteiger partial charge on any atom is -0.379 e. The van der Waals surface area contributed by atoms with E-state index < -0.39 is 0 Å². The van der Waals surface area contributed by atoms with Crippen molar-refractivity contribution < 1.29 is 28.8 Å². The van der Waals surface area contributed by atoms with Crippen LogP contribution in [0.15, 0.2) is 48.5 Å². The van der Waals surface area contributed by atoms with Crippen LogP contribution < -0.4 is 15.7 Å². The van der Waals surface area contributed by atoms with Crippen molar-refractivity contribution in [1.82, 2.24) is 5.48 Å². The number of imide groups is 1. The molecule has 9 nitrogen and oxygen atoms in total. The standard InChI is InChI=1S/C28H33N3O6/c32-25(12-4-2-1-3-5-13-26(33)30-37-22-9-8-18-36-19-22)29-20-14-16-21(17-15-20)31-27(34)23-10-6-7-11-24(23)28(31)35/h6-7,10-11,14-17,22H,1-5,8-9,12-13,18-19H2,(H,29,32)(H,30,33). The van der Waals surface area contributed by atoms with Crippen LogP contribution in [0.4, 0.5) is 11.4 Å². The molecule has 2 aliphatic heterocycles. The van der Waals surface area contributed by atoms with E-state index in [9.17, 15) is 19.2 Å². The number of amides is 4. The number of fused-ring (bicyclic) bond motifs is 1. The molecule has 2 N–H and O–H groups in total. The van der Waals surface area contributed by atoms with Crippen molar-refractivity contribution in [2.24, 2.45) is 0 Å². The molecule has 2 heterocycles. The fraction of sp³-hybridized carbons (Fsp3) is 0.429. The number of nitrogens with one attached hydrogen (secondary N) is 2. The van der Waals surface area contributed by atoms with Gasteiger partial charge >= 0.3 is 0 Å². The Labute approximate surface area is 216 Å². The van der Waals surface area contributed by atoms with E-state index in [0.717, 1.165) is 56.5 Å². The van der Waals surface area contributed by atoms with Crippen LogP contribution in [-0.4, -0.2) is 42.9 Å². The van der Waals surface area contributed by atoms with Crippen LogP contribution in [0.25, 0.3) is 0 Å². The van der Waals surface area contributed by atoms with Gasteiger partial charge in [-0.15, -0.1) is 0 Å². The second kappa shape index (κ2) is 13.1. The van der Waals surface area contributed by atoms with Gasteiger partial charge in [0.15, 0.2) is 0 Å². The Bertz CT molecular complexity index is 1080. The highest BCUT2D eigenvalue weighted by molar-refractivity contribution is 6.34. The van der Waals surface area contributed by atoms with Gasteiger partial charge in [-0.05, 0) is 62.1 Å². The van der Waals surface area contributed by atoms with Crippen molar-refractivity contribution in [2.45, 2.75) is 63.9 Å². The Morgan fingerprint density at radius 1 is 0.865 bits per heavy atom. The van der Waals surface area contributed by atoms with Gasteiger partial charge in [0.2, 0.25) is 11.8 Å². The number of rotatable bonds is 12. The van der Waals surface area contributed by atoms with Crippen molar-refractivity contribution in [2.75, 3.05) is 23.4 Å². The number of nitrogens with zero attached hydrogens (tertiary/aromatic N) is 1. The number of carbonyl (C=O) groups excluding carboxylic acids is 4. The van der Waals surface area contributed by atoms with Crippen LogP contribution in [0.2, 0.25) is 0 Å². The first kappa shape index (κ1) is 26.5. The number of unbranched alkanes of at least 4 members (excludes halogenated alkanes) is 4. The van der Waals surface area contributed by atoms with Gasteiger partial charge in [0.05, 0.1) is 23.4 Å². The zero-order valence-corrected chi connectivity index (χ0v) is 20.9. The Kier molecular flexibility index (Phi) is 9.40. The molecule has 0 aromatic heterocycles. The van der Waals surface area contributed by atoms with Crippen LogP contribution in [-0.2, 0) is 19.2 Å². The Morgan fingerprint density at radius 3 is 2.11 bits per heavy atom.